The molecule has 1 spiro atoms. The van der Waals surface area contributed by atoms with E-state index in [2.05, 4.69) is 21.2 Å². The Labute approximate surface area is 228 Å². The number of aliphatic hydroxyl groups excluding tert-OH is 1. The highest BCUT2D eigenvalue weighted by atomic mass is 79.9. The van der Waals surface area contributed by atoms with E-state index in [4.69, 9.17) is 21.1 Å². The number of para-hydroxylation sites is 1. The van der Waals surface area contributed by atoms with Gasteiger partial charge in [-0.05, 0) is 37.5 Å². The molecule has 0 saturated carbocycles. The van der Waals surface area contributed by atoms with Gasteiger partial charge < -0.3 is 24.8 Å². The van der Waals surface area contributed by atoms with Crippen molar-refractivity contribution in [3.63, 3.8) is 0 Å². The Bertz CT molecular complexity index is 1200. The minimum atomic E-state index is -1.26. The molecule has 3 heterocycles. The molecule has 2 N–H and O–H groups in total. The van der Waals surface area contributed by atoms with E-state index in [0.717, 1.165) is 5.56 Å². The second kappa shape index (κ2) is 10.4. The van der Waals surface area contributed by atoms with Gasteiger partial charge >= 0.3 is 5.97 Å². The first-order valence-corrected chi connectivity index (χ1v) is 13.6. The molecule has 0 aliphatic carbocycles. The number of likely N-dealkylation sites (tertiary alicyclic amines) is 1. The SMILES string of the molecule is CCOC(=O)[C@H]1[C@H]2C(=O)N([C@@H](CO)Cc3ccccc3)C(C(=O)Nc3ccccc3Cl)C23CC(Br)[C@@H]1O3. The summed E-state index contributed by atoms with van der Waals surface area (Å²) in [5, 5.41) is 13.7. The summed E-state index contributed by atoms with van der Waals surface area (Å²) >= 11 is 9.94. The molecule has 10 heteroatoms. The third-order valence-corrected chi connectivity index (χ3v) is 8.76. The van der Waals surface area contributed by atoms with Gasteiger partial charge in [0.05, 0.1) is 47.9 Å². The number of amides is 2. The number of aliphatic hydroxyl groups is 1. The maximum absolute atomic E-state index is 14.1. The second-order valence-electron chi connectivity index (χ2n) is 9.66. The molecule has 2 bridgehead atoms. The average molecular weight is 592 g/mol. The lowest BCUT2D eigenvalue weighted by molar-refractivity contribution is -0.155. The molecule has 2 amide bonds. The number of nitrogens with zero attached hydrogens (tertiary/aromatic N) is 1. The number of hydrogen-bond donors (Lipinski definition) is 2. The molecule has 2 aromatic carbocycles. The predicted octanol–water partition coefficient (Wildman–Crippen LogP) is 3.19. The van der Waals surface area contributed by atoms with Gasteiger partial charge in [0.15, 0.2) is 0 Å². The zero-order chi connectivity index (χ0) is 26.3. The van der Waals surface area contributed by atoms with Gasteiger partial charge in [-0.2, -0.15) is 0 Å². The number of ether oxygens (including phenoxy) is 2. The molecule has 0 radical (unpaired) electrons. The third kappa shape index (κ3) is 4.35. The number of esters is 1. The normalized spacial score (nSPS) is 30.8. The van der Waals surface area contributed by atoms with E-state index in [0.29, 0.717) is 23.6 Å². The number of carbonyl (C=O) groups excluding carboxylic acids is 3. The molecule has 2 aromatic rings. The summed E-state index contributed by atoms with van der Waals surface area (Å²) in [5.41, 5.74) is 0.0394. The Balaban J connectivity index is 1.57. The lowest BCUT2D eigenvalue weighted by Crippen LogP contribution is -2.57. The first kappa shape index (κ1) is 26.2. The molecule has 7 atom stereocenters. The largest absolute Gasteiger partial charge is 0.466 e. The van der Waals surface area contributed by atoms with Crippen molar-refractivity contribution in [1.29, 1.82) is 0 Å². The fourth-order valence-electron chi connectivity index (χ4n) is 6.17. The van der Waals surface area contributed by atoms with Crippen LogP contribution in [-0.2, 0) is 30.3 Å². The summed E-state index contributed by atoms with van der Waals surface area (Å²) in [6.07, 6.45) is 0.0739. The molecule has 196 valence electrons. The number of benzene rings is 2. The second-order valence-corrected chi connectivity index (χ2v) is 11.2. The van der Waals surface area contributed by atoms with E-state index in [1.165, 1.54) is 4.90 Å². The van der Waals surface area contributed by atoms with E-state index >= 15 is 0 Å². The van der Waals surface area contributed by atoms with E-state index in [1.807, 2.05) is 30.3 Å². The third-order valence-electron chi connectivity index (χ3n) is 7.58. The van der Waals surface area contributed by atoms with Gasteiger partial charge in [-0.3, -0.25) is 14.4 Å². The average Bonchev–Trinajstić information content (AvgIpc) is 3.48. The van der Waals surface area contributed by atoms with Crippen LogP contribution in [0.2, 0.25) is 5.02 Å². The van der Waals surface area contributed by atoms with Crippen molar-refractivity contribution in [3.8, 4) is 0 Å². The molecule has 3 saturated heterocycles. The minimum Gasteiger partial charge on any atom is -0.466 e. The van der Waals surface area contributed by atoms with Crippen LogP contribution in [0.3, 0.4) is 0 Å². The van der Waals surface area contributed by atoms with Gasteiger partial charge in [-0.1, -0.05) is 70.0 Å². The topological polar surface area (TPSA) is 105 Å². The van der Waals surface area contributed by atoms with Crippen molar-refractivity contribution < 1.29 is 29.0 Å². The molecule has 3 unspecified atom stereocenters. The number of hydrogen-bond acceptors (Lipinski definition) is 6. The van der Waals surface area contributed by atoms with E-state index in [-0.39, 0.29) is 18.0 Å². The first-order chi connectivity index (χ1) is 17.8. The number of fused-ring (bicyclic) bond motifs is 1. The summed E-state index contributed by atoms with van der Waals surface area (Å²) < 4.78 is 11.8. The summed E-state index contributed by atoms with van der Waals surface area (Å²) in [4.78, 5) is 42.3. The van der Waals surface area contributed by atoms with Crippen LogP contribution in [0.5, 0.6) is 0 Å². The quantitative estimate of drug-likeness (QED) is 0.361. The fraction of sp³-hybridized carbons (Fsp3) is 0.444. The van der Waals surface area contributed by atoms with Crippen molar-refractivity contribution in [2.24, 2.45) is 11.8 Å². The van der Waals surface area contributed by atoms with Gasteiger partial charge in [-0.25, -0.2) is 0 Å². The minimum absolute atomic E-state index is 0.163. The Hall–Kier alpha value is -2.46. The number of halogens is 2. The highest BCUT2D eigenvalue weighted by molar-refractivity contribution is 9.09. The molecule has 8 nitrogen and oxygen atoms in total. The zero-order valence-electron chi connectivity index (χ0n) is 20.2. The van der Waals surface area contributed by atoms with Crippen LogP contribution in [0, 0.1) is 11.8 Å². The summed E-state index contributed by atoms with van der Waals surface area (Å²) in [6.45, 7) is 1.50. The zero-order valence-corrected chi connectivity index (χ0v) is 22.5. The van der Waals surface area contributed by atoms with Crippen LogP contribution >= 0.6 is 27.5 Å². The number of nitrogens with one attached hydrogen (secondary N) is 1. The van der Waals surface area contributed by atoms with E-state index in [1.54, 1.807) is 31.2 Å². The Morgan fingerprint density at radius 3 is 2.62 bits per heavy atom. The van der Waals surface area contributed by atoms with Gasteiger partial charge in [0.2, 0.25) is 11.8 Å². The molecule has 37 heavy (non-hydrogen) atoms. The van der Waals surface area contributed by atoms with Crippen LogP contribution in [-0.4, -0.2) is 69.6 Å². The summed E-state index contributed by atoms with van der Waals surface area (Å²) in [7, 11) is 0. The van der Waals surface area contributed by atoms with Crippen LogP contribution in [0.15, 0.2) is 54.6 Å². The van der Waals surface area contributed by atoms with Crippen molar-refractivity contribution in [2.45, 2.75) is 48.4 Å². The summed E-state index contributed by atoms with van der Waals surface area (Å²) in [5.74, 6) is -3.17. The molecule has 5 rings (SSSR count). The van der Waals surface area contributed by atoms with Crippen molar-refractivity contribution in [1.82, 2.24) is 4.90 Å². The number of rotatable bonds is 8. The maximum Gasteiger partial charge on any atom is 0.312 e. The fourth-order valence-corrected chi connectivity index (χ4v) is 7.29. The van der Waals surface area contributed by atoms with E-state index in [9.17, 15) is 19.5 Å². The Morgan fingerprint density at radius 1 is 1.24 bits per heavy atom. The molecular weight excluding hydrogens is 564 g/mol. The van der Waals surface area contributed by atoms with E-state index < -0.39 is 53.4 Å². The maximum atomic E-state index is 14.1. The van der Waals surface area contributed by atoms with Crippen molar-refractivity contribution in [3.05, 3.63) is 65.2 Å². The lowest BCUT2D eigenvalue weighted by atomic mass is 9.70. The monoisotopic (exact) mass is 590 g/mol. The van der Waals surface area contributed by atoms with Crippen LogP contribution in [0.1, 0.15) is 18.9 Å². The molecule has 3 aliphatic heterocycles. The summed E-state index contributed by atoms with van der Waals surface area (Å²) in [6, 6.07) is 14.5. The van der Waals surface area contributed by atoms with Crippen LogP contribution < -0.4 is 5.32 Å². The molecular formula is C27H28BrClN2O6. The highest BCUT2D eigenvalue weighted by Gasteiger charge is 2.77. The standard InChI is InChI=1S/C27H28BrClN2O6/c1-2-36-26(35)20-21-25(34)31(16(14-32)12-15-8-4-3-5-9-15)23(27(21)13-17(28)22(20)37-27)24(33)30-19-11-7-6-10-18(19)29/h3-11,16-17,20-23,32H,2,12-14H2,1H3,(H,30,33)/t16-,17?,20+,21+,22+,23?,27?/m1/s1. The van der Waals surface area contributed by atoms with Crippen LogP contribution in [0.25, 0.3) is 0 Å². The molecule has 0 aromatic heterocycles. The molecule has 3 aliphatic rings. The predicted molar refractivity (Wildman–Crippen MR) is 140 cm³/mol. The van der Waals surface area contributed by atoms with Gasteiger partial charge in [0, 0.05) is 4.83 Å². The lowest BCUT2D eigenvalue weighted by Gasteiger charge is -2.37. The Kier molecular flexibility index (Phi) is 7.33. The highest BCUT2D eigenvalue weighted by Crippen LogP contribution is 2.60. The number of anilines is 1. The Morgan fingerprint density at radius 2 is 1.95 bits per heavy atom. The van der Waals surface area contributed by atoms with Crippen molar-refractivity contribution >= 4 is 51.0 Å². The van der Waals surface area contributed by atoms with Gasteiger partial charge in [0.25, 0.3) is 0 Å². The van der Waals surface area contributed by atoms with Gasteiger partial charge in [0.1, 0.15) is 11.6 Å². The number of carbonyl (C=O) groups is 3. The smallest absolute Gasteiger partial charge is 0.312 e. The van der Waals surface area contributed by atoms with Crippen molar-refractivity contribution in [2.75, 3.05) is 18.5 Å². The van der Waals surface area contributed by atoms with Crippen LogP contribution in [0.4, 0.5) is 5.69 Å². The number of alkyl halides is 1. The van der Waals surface area contributed by atoms with Gasteiger partial charge in [-0.15, -0.1) is 0 Å². The molecule has 3 fully saturated rings. The first-order valence-electron chi connectivity index (χ1n) is 12.3.